The van der Waals surface area contributed by atoms with Gasteiger partial charge in [-0.05, 0) is 37.0 Å². The SMILES string of the molecule is Cc1ccc(N(C)C(C)C(C)(C)C)cc1N. The number of nitrogens with two attached hydrogens (primary N) is 1. The molecule has 0 amide bonds. The highest BCUT2D eigenvalue weighted by molar-refractivity contribution is 5.59. The second-order valence-electron chi connectivity index (χ2n) is 5.69. The molecule has 0 bridgehead atoms. The topological polar surface area (TPSA) is 29.3 Å². The first kappa shape index (κ1) is 12.9. The second-order valence-corrected chi connectivity index (χ2v) is 5.69. The molecule has 2 N–H and O–H groups in total. The van der Waals surface area contributed by atoms with Gasteiger partial charge in [0.05, 0.1) is 0 Å². The van der Waals surface area contributed by atoms with Crippen LogP contribution in [0, 0.1) is 12.3 Å². The van der Waals surface area contributed by atoms with E-state index in [1.54, 1.807) is 0 Å². The van der Waals surface area contributed by atoms with Crippen molar-refractivity contribution in [3.63, 3.8) is 0 Å². The summed E-state index contributed by atoms with van der Waals surface area (Å²) in [6.45, 7) is 11.0. The lowest BCUT2D eigenvalue weighted by Gasteiger charge is -2.37. The molecule has 0 saturated heterocycles. The minimum absolute atomic E-state index is 0.258. The van der Waals surface area contributed by atoms with Crippen LogP contribution in [0.2, 0.25) is 0 Å². The molecule has 0 aliphatic rings. The number of hydrogen-bond donors (Lipinski definition) is 1. The van der Waals surface area contributed by atoms with Crippen molar-refractivity contribution >= 4 is 11.4 Å². The van der Waals surface area contributed by atoms with E-state index in [-0.39, 0.29) is 5.41 Å². The second kappa shape index (κ2) is 4.36. The van der Waals surface area contributed by atoms with E-state index in [0.29, 0.717) is 6.04 Å². The highest BCUT2D eigenvalue weighted by atomic mass is 15.1. The zero-order valence-corrected chi connectivity index (χ0v) is 11.3. The zero-order valence-electron chi connectivity index (χ0n) is 11.3. The van der Waals surface area contributed by atoms with Gasteiger partial charge in [0.2, 0.25) is 0 Å². The van der Waals surface area contributed by atoms with Crippen LogP contribution in [0.1, 0.15) is 33.3 Å². The van der Waals surface area contributed by atoms with Crippen LogP contribution in [0.25, 0.3) is 0 Å². The van der Waals surface area contributed by atoms with Crippen LogP contribution in [-0.2, 0) is 0 Å². The van der Waals surface area contributed by atoms with Crippen LogP contribution in [0.3, 0.4) is 0 Å². The molecule has 1 aromatic carbocycles. The third-order valence-corrected chi connectivity index (χ3v) is 3.50. The summed E-state index contributed by atoms with van der Waals surface area (Å²) in [7, 11) is 2.13. The largest absolute Gasteiger partial charge is 0.398 e. The van der Waals surface area contributed by atoms with Gasteiger partial charge in [-0.1, -0.05) is 26.8 Å². The average molecular weight is 220 g/mol. The van der Waals surface area contributed by atoms with Crippen molar-refractivity contribution in [2.24, 2.45) is 5.41 Å². The first-order valence-corrected chi connectivity index (χ1v) is 5.82. The van der Waals surface area contributed by atoms with Gasteiger partial charge in [-0.15, -0.1) is 0 Å². The fourth-order valence-corrected chi connectivity index (χ4v) is 1.65. The van der Waals surface area contributed by atoms with Crippen LogP contribution >= 0.6 is 0 Å². The Kier molecular flexibility index (Phi) is 3.51. The Morgan fingerprint density at radius 3 is 2.25 bits per heavy atom. The van der Waals surface area contributed by atoms with Gasteiger partial charge in [0.15, 0.2) is 0 Å². The Labute approximate surface area is 99.5 Å². The minimum atomic E-state index is 0.258. The van der Waals surface area contributed by atoms with Crippen LogP contribution < -0.4 is 10.6 Å². The lowest BCUT2D eigenvalue weighted by atomic mass is 9.87. The van der Waals surface area contributed by atoms with Gasteiger partial charge in [-0.2, -0.15) is 0 Å². The summed E-state index contributed by atoms with van der Waals surface area (Å²) in [6, 6.07) is 6.73. The molecule has 0 heterocycles. The molecular formula is C14H24N2. The number of anilines is 2. The number of hydrogen-bond acceptors (Lipinski definition) is 2. The lowest BCUT2D eigenvalue weighted by Crippen LogP contribution is -2.39. The maximum atomic E-state index is 5.94. The smallest absolute Gasteiger partial charge is 0.0387 e. The maximum absolute atomic E-state index is 5.94. The summed E-state index contributed by atoms with van der Waals surface area (Å²) < 4.78 is 0. The highest BCUT2D eigenvalue weighted by Gasteiger charge is 2.24. The standard InChI is InChI=1S/C14H24N2/c1-10-7-8-12(9-13(10)15)16(6)11(2)14(3,4)5/h7-9,11H,15H2,1-6H3. The van der Waals surface area contributed by atoms with E-state index in [9.17, 15) is 0 Å². The summed E-state index contributed by atoms with van der Waals surface area (Å²) in [4.78, 5) is 2.29. The number of benzene rings is 1. The molecule has 0 aliphatic heterocycles. The Bertz CT molecular complexity index is 363. The number of aryl methyl sites for hydroxylation is 1. The molecule has 2 heteroatoms. The first-order chi connectivity index (χ1) is 7.23. The Morgan fingerprint density at radius 1 is 1.25 bits per heavy atom. The van der Waals surface area contributed by atoms with E-state index in [2.05, 4.69) is 57.8 Å². The normalized spacial score (nSPS) is 13.6. The molecule has 2 nitrogen and oxygen atoms in total. The fraction of sp³-hybridized carbons (Fsp3) is 0.571. The van der Waals surface area contributed by atoms with Gasteiger partial charge in [0.1, 0.15) is 0 Å². The van der Waals surface area contributed by atoms with Gasteiger partial charge in [0.25, 0.3) is 0 Å². The quantitative estimate of drug-likeness (QED) is 0.773. The van der Waals surface area contributed by atoms with Gasteiger partial charge >= 0.3 is 0 Å². The number of rotatable bonds is 2. The van der Waals surface area contributed by atoms with Gasteiger partial charge in [0, 0.05) is 24.5 Å². The number of nitrogen functional groups attached to an aromatic ring is 1. The van der Waals surface area contributed by atoms with Gasteiger partial charge < -0.3 is 10.6 Å². The molecule has 1 rings (SSSR count). The summed E-state index contributed by atoms with van der Waals surface area (Å²) >= 11 is 0. The highest BCUT2D eigenvalue weighted by Crippen LogP contribution is 2.28. The van der Waals surface area contributed by atoms with E-state index in [4.69, 9.17) is 5.73 Å². The monoisotopic (exact) mass is 220 g/mol. The van der Waals surface area contributed by atoms with Crippen molar-refractivity contribution < 1.29 is 0 Å². The average Bonchev–Trinajstić information content (AvgIpc) is 2.18. The van der Waals surface area contributed by atoms with Crippen molar-refractivity contribution in [2.75, 3.05) is 17.7 Å². The van der Waals surface area contributed by atoms with Crippen LogP contribution in [0.15, 0.2) is 18.2 Å². The van der Waals surface area contributed by atoms with E-state index in [0.717, 1.165) is 11.3 Å². The summed E-state index contributed by atoms with van der Waals surface area (Å²) in [5, 5.41) is 0. The molecule has 0 fully saturated rings. The Balaban J connectivity index is 2.97. The molecule has 0 spiro atoms. The van der Waals surface area contributed by atoms with Crippen molar-refractivity contribution in [1.29, 1.82) is 0 Å². The summed E-state index contributed by atoms with van der Waals surface area (Å²) in [5.41, 5.74) is 9.39. The van der Waals surface area contributed by atoms with Crippen molar-refractivity contribution in [3.05, 3.63) is 23.8 Å². The molecule has 90 valence electrons. The lowest BCUT2D eigenvalue weighted by molar-refractivity contribution is 0.330. The van der Waals surface area contributed by atoms with Crippen LogP contribution in [-0.4, -0.2) is 13.1 Å². The predicted molar refractivity (Wildman–Crippen MR) is 72.9 cm³/mol. The third-order valence-electron chi connectivity index (χ3n) is 3.50. The molecule has 0 saturated carbocycles. The van der Waals surface area contributed by atoms with Crippen molar-refractivity contribution in [1.82, 2.24) is 0 Å². The van der Waals surface area contributed by atoms with E-state index < -0.39 is 0 Å². The van der Waals surface area contributed by atoms with E-state index in [1.807, 2.05) is 6.92 Å². The number of nitrogens with zero attached hydrogens (tertiary/aromatic N) is 1. The van der Waals surface area contributed by atoms with E-state index >= 15 is 0 Å². The van der Waals surface area contributed by atoms with Gasteiger partial charge in [-0.3, -0.25) is 0 Å². The first-order valence-electron chi connectivity index (χ1n) is 5.82. The van der Waals surface area contributed by atoms with Crippen LogP contribution in [0.5, 0.6) is 0 Å². The Morgan fingerprint density at radius 2 is 1.81 bits per heavy atom. The molecule has 0 aliphatic carbocycles. The van der Waals surface area contributed by atoms with E-state index in [1.165, 1.54) is 5.69 Å². The molecule has 1 atom stereocenters. The molecule has 16 heavy (non-hydrogen) atoms. The molecule has 0 radical (unpaired) electrons. The Hall–Kier alpha value is -1.18. The maximum Gasteiger partial charge on any atom is 0.0387 e. The zero-order chi connectivity index (χ0) is 12.5. The molecule has 1 unspecified atom stereocenters. The fourth-order valence-electron chi connectivity index (χ4n) is 1.65. The van der Waals surface area contributed by atoms with Crippen molar-refractivity contribution in [3.8, 4) is 0 Å². The predicted octanol–water partition coefficient (Wildman–Crippen LogP) is 3.45. The van der Waals surface area contributed by atoms with Crippen LogP contribution in [0.4, 0.5) is 11.4 Å². The summed E-state index contributed by atoms with van der Waals surface area (Å²) in [5.74, 6) is 0. The third kappa shape index (κ3) is 2.69. The minimum Gasteiger partial charge on any atom is -0.398 e. The molecule has 0 aromatic heterocycles. The van der Waals surface area contributed by atoms with Crippen molar-refractivity contribution in [2.45, 2.75) is 40.7 Å². The molecular weight excluding hydrogens is 196 g/mol. The summed E-state index contributed by atoms with van der Waals surface area (Å²) in [6.07, 6.45) is 0. The van der Waals surface area contributed by atoms with Gasteiger partial charge in [-0.25, -0.2) is 0 Å². The molecule has 1 aromatic rings.